The quantitative estimate of drug-likeness (QED) is 0.720. The van der Waals surface area contributed by atoms with E-state index in [9.17, 15) is 14.4 Å². The van der Waals surface area contributed by atoms with Crippen LogP contribution in [0.15, 0.2) is 35.1 Å². The number of hydrogen-bond acceptors (Lipinski definition) is 4. The van der Waals surface area contributed by atoms with Crippen LogP contribution in [-0.4, -0.2) is 39.1 Å². The summed E-state index contributed by atoms with van der Waals surface area (Å²) in [6.07, 6.45) is 3.90. The fourth-order valence-corrected chi connectivity index (χ4v) is 3.72. The summed E-state index contributed by atoms with van der Waals surface area (Å²) in [4.78, 5) is 39.6. The van der Waals surface area contributed by atoms with Crippen LogP contribution in [-0.2, 0) is 11.3 Å². The molecule has 2 amide bonds. The van der Waals surface area contributed by atoms with Crippen molar-refractivity contribution < 1.29 is 9.59 Å². The van der Waals surface area contributed by atoms with E-state index in [1.54, 1.807) is 18.2 Å². The number of rotatable bonds is 6. The number of hydrogen-bond donors (Lipinski definition) is 1. The lowest BCUT2D eigenvalue weighted by molar-refractivity contribution is -0.121. The summed E-state index contributed by atoms with van der Waals surface area (Å²) in [6, 6.07) is 6.99. The first-order valence-corrected chi connectivity index (χ1v) is 10.8. The second-order valence-electron chi connectivity index (χ2n) is 7.26. The fraction of sp³-hybridized carbons (Fsp3) is 0.429. The number of halogens is 2. The van der Waals surface area contributed by atoms with Crippen molar-refractivity contribution in [2.45, 2.75) is 51.6 Å². The van der Waals surface area contributed by atoms with Crippen molar-refractivity contribution in [2.75, 3.05) is 11.9 Å². The maximum Gasteiger partial charge on any atom is 0.274 e. The van der Waals surface area contributed by atoms with Crippen LogP contribution in [0.2, 0.25) is 10.0 Å². The lowest BCUT2D eigenvalue weighted by Crippen LogP contribution is -2.50. The molecule has 1 aromatic carbocycles. The number of anilines is 1. The second kappa shape index (κ2) is 10.1. The Balaban J connectivity index is 1.79. The molecule has 1 aliphatic rings. The maximum absolute atomic E-state index is 13.1. The Bertz CT molecular complexity index is 992. The molecule has 9 heteroatoms. The van der Waals surface area contributed by atoms with E-state index in [2.05, 4.69) is 10.4 Å². The van der Waals surface area contributed by atoms with Crippen LogP contribution in [0.25, 0.3) is 0 Å². The Hall–Kier alpha value is -2.38. The highest BCUT2D eigenvalue weighted by atomic mass is 35.5. The SMILES string of the molecule is CCCCn1nc(C(=O)N2CCCCC2C(=O)Nc2ccc(Cl)c(Cl)c2)ccc1=O. The Labute approximate surface area is 185 Å². The number of amides is 2. The molecule has 0 saturated carbocycles. The lowest BCUT2D eigenvalue weighted by atomic mass is 10.0. The number of aromatic nitrogens is 2. The summed E-state index contributed by atoms with van der Waals surface area (Å²) >= 11 is 11.9. The molecule has 0 bridgehead atoms. The summed E-state index contributed by atoms with van der Waals surface area (Å²) in [7, 11) is 0. The van der Waals surface area contributed by atoms with Gasteiger partial charge in [0.25, 0.3) is 11.5 Å². The predicted molar refractivity (Wildman–Crippen MR) is 117 cm³/mol. The van der Waals surface area contributed by atoms with Crippen LogP contribution < -0.4 is 10.9 Å². The van der Waals surface area contributed by atoms with Gasteiger partial charge in [-0.15, -0.1) is 0 Å². The third-order valence-electron chi connectivity index (χ3n) is 5.06. The fourth-order valence-electron chi connectivity index (χ4n) is 3.42. The number of nitrogens with zero attached hydrogens (tertiary/aromatic N) is 3. The molecule has 0 spiro atoms. The van der Waals surface area contributed by atoms with Crippen molar-refractivity contribution in [3.05, 3.63) is 56.4 Å². The lowest BCUT2D eigenvalue weighted by Gasteiger charge is -2.34. The Morgan fingerprint density at radius 1 is 1.17 bits per heavy atom. The molecule has 2 aromatic rings. The standard InChI is InChI=1S/C21H24Cl2N4O3/c1-2-3-12-27-19(28)10-9-17(25-27)21(30)26-11-5-4-6-18(26)20(29)24-14-7-8-15(22)16(23)13-14/h7-10,13,18H,2-6,11-12H2,1H3,(H,24,29). The van der Waals surface area contributed by atoms with Crippen LogP contribution in [0.4, 0.5) is 5.69 Å². The number of carbonyl (C=O) groups is 2. The van der Waals surface area contributed by atoms with Gasteiger partial charge < -0.3 is 10.2 Å². The molecule has 0 radical (unpaired) electrons. The van der Waals surface area contributed by atoms with Crippen LogP contribution in [0.1, 0.15) is 49.5 Å². The molecule has 1 aromatic heterocycles. The van der Waals surface area contributed by atoms with Crippen molar-refractivity contribution in [1.82, 2.24) is 14.7 Å². The zero-order valence-corrected chi connectivity index (χ0v) is 18.2. The highest BCUT2D eigenvalue weighted by Crippen LogP contribution is 2.26. The Kier molecular flexibility index (Phi) is 7.50. The minimum atomic E-state index is -0.626. The van der Waals surface area contributed by atoms with Crippen LogP contribution in [0.5, 0.6) is 0 Å². The Morgan fingerprint density at radius 2 is 1.97 bits per heavy atom. The average molecular weight is 451 g/mol. The van der Waals surface area contributed by atoms with E-state index in [0.29, 0.717) is 35.2 Å². The summed E-state index contributed by atoms with van der Waals surface area (Å²) in [6.45, 7) is 2.93. The first kappa shape index (κ1) is 22.3. The van der Waals surface area contributed by atoms with Gasteiger partial charge >= 0.3 is 0 Å². The summed E-state index contributed by atoms with van der Waals surface area (Å²) in [5.41, 5.74) is 0.436. The number of piperidine rings is 1. The number of likely N-dealkylation sites (tertiary alicyclic amines) is 1. The highest BCUT2D eigenvalue weighted by molar-refractivity contribution is 6.42. The Morgan fingerprint density at radius 3 is 2.70 bits per heavy atom. The van der Waals surface area contributed by atoms with Crippen molar-refractivity contribution in [3.63, 3.8) is 0 Å². The molecule has 1 atom stereocenters. The van der Waals surface area contributed by atoms with Gasteiger partial charge in [-0.1, -0.05) is 36.5 Å². The molecule has 3 rings (SSSR count). The average Bonchev–Trinajstić information content (AvgIpc) is 2.75. The minimum Gasteiger partial charge on any atom is -0.325 e. The zero-order chi connectivity index (χ0) is 21.7. The van der Waals surface area contributed by atoms with Crippen molar-refractivity contribution in [1.29, 1.82) is 0 Å². The van der Waals surface area contributed by atoms with Gasteiger partial charge in [-0.2, -0.15) is 5.10 Å². The van der Waals surface area contributed by atoms with Gasteiger partial charge in [0, 0.05) is 24.8 Å². The van der Waals surface area contributed by atoms with E-state index in [1.807, 2.05) is 6.92 Å². The largest absolute Gasteiger partial charge is 0.325 e. The molecule has 160 valence electrons. The number of benzene rings is 1. The van der Waals surface area contributed by atoms with Gasteiger partial charge in [0.15, 0.2) is 0 Å². The topological polar surface area (TPSA) is 84.3 Å². The number of nitrogens with one attached hydrogen (secondary N) is 1. The van der Waals surface area contributed by atoms with E-state index in [0.717, 1.165) is 25.7 Å². The summed E-state index contributed by atoms with van der Waals surface area (Å²) in [5, 5.41) is 7.78. The zero-order valence-electron chi connectivity index (χ0n) is 16.7. The highest BCUT2D eigenvalue weighted by Gasteiger charge is 2.33. The van der Waals surface area contributed by atoms with Gasteiger partial charge in [0.2, 0.25) is 5.91 Å². The van der Waals surface area contributed by atoms with Crippen LogP contribution >= 0.6 is 23.2 Å². The molecular formula is C21H24Cl2N4O3. The summed E-state index contributed by atoms with van der Waals surface area (Å²) < 4.78 is 1.31. The first-order valence-electron chi connectivity index (χ1n) is 10.1. The van der Waals surface area contributed by atoms with E-state index in [1.165, 1.54) is 21.7 Å². The van der Waals surface area contributed by atoms with Crippen molar-refractivity contribution >= 4 is 40.7 Å². The maximum atomic E-state index is 13.1. The predicted octanol–water partition coefficient (Wildman–Crippen LogP) is 3.98. The van der Waals surface area contributed by atoms with Crippen molar-refractivity contribution in [2.24, 2.45) is 0 Å². The molecule has 1 aliphatic heterocycles. The first-order chi connectivity index (χ1) is 14.4. The minimum absolute atomic E-state index is 0.167. The number of unbranched alkanes of at least 4 members (excludes halogenated alkanes) is 1. The van der Waals surface area contributed by atoms with Crippen molar-refractivity contribution in [3.8, 4) is 0 Å². The molecule has 2 heterocycles. The molecule has 1 fully saturated rings. The third kappa shape index (κ3) is 5.21. The molecule has 1 unspecified atom stereocenters. The van der Waals surface area contributed by atoms with E-state index in [-0.39, 0.29) is 23.1 Å². The molecule has 30 heavy (non-hydrogen) atoms. The van der Waals surface area contributed by atoms with E-state index < -0.39 is 6.04 Å². The van der Waals surface area contributed by atoms with Gasteiger partial charge in [-0.25, -0.2) is 4.68 Å². The molecule has 1 N–H and O–H groups in total. The van der Waals surface area contributed by atoms with Gasteiger partial charge in [0.1, 0.15) is 11.7 Å². The second-order valence-corrected chi connectivity index (χ2v) is 8.08. The van der Waals surface area contributed by atoms with Gasteiger partial charge in [0.05, 0.1) is 10.0 Å². The van der Waals surface area contributed by atoms with Gasteiger partial charge in [-0.05, 0) is 49.9 Å². The summed E-state index contributed by atoms with van der Waals surface area (Å²) in [5.74, 6) is -0.644. The molecule has 1 saturated heterocycles. The number of carbonyl (C=O) groups excluding carboxylic acids is 2. The van der Waals surface area contributed by atoms with E-state index in [4.69, 9.17) is 23.2 Å². The smallest absolute Gasteiger partial charge is 0.274 e. The van der Waals surface area contributed by atoms with Crippen LogP contribution in [0, 0.1) is 0 Å². The molecule has 0 aliphatic carbocycles. The normalized spacial score (nSPS) is 16.4. The molecule has 7 nitrogen and oxygen atoms in total. The molecular weight excluding hydrogens is 427 g/mol. The van der Waals surface area contributed by atoms with Crippen LogP contribution in [0.3, 0.4) is 0 Å². The number of aryl methyl sites for hydroxylation is 1. The monoisotopic (exact) mass is 450 g/mol. The third-order valence-corrected chi connectivity index (χ3v) is 5.80. The van der Waals surface area contributed by atoms with Gasteiger partial charge in [-0.3, -0.25) is 14.4 Å². The van der Waals surface area contributed by atoms with E-state index >= 15 is 0 Å².